The topological polar surface area (TPSA) is 56.5 Å². The summed E-state index contributed by atoms with van der Waals surface area (Å²) < 4.78 is 14.1. The van der Waals surface area contributed by atoms with Crippen LogP contribution in [0.3, 0.4) is 0 Å². The van der Waals surface area contributed by atoms with Crippen LogP contribution in [0.2, 0.25) is 5.02 Å². The van der Waals surface area contributed by atoms with Gasteiger partial charge in [-0.05, 0) is 32.2 Å². The molecule has 218 valence electrons. The molecular formula is C36H24Br2ClNO4. The Balaban J connectivity index is 1.70. The Morgan fingerprint density at radius 2 is 1.32 bits per heavy atom. The maximum atomic E-state index is 13.8. The Labute approximate surface area is 275 Å². The number of nitrogens with zero attached hydrogens (tertiary/aromatic N) is 1. The highest BCUT2D eigenvalue weighted by atomic mass is 79.9. The Morgan fingerprint density at radius 1 is 0.727 bits per heavy atom. The Bertz CT molecular complexity index is 2120. The molecule has 0 aliphatic heterocycles. The summed E-state index contributed by atoms with van der Waals surface area (Å²) in [6, 6.07) is 28.9. The maximum absolute atomic E-state index is 13.8. The number of carbonyl (C=O) groups excluding carboxylic acids is 2. The normalized spacial score (nSPS) is 12.2. The lowest BCUT2D eigenvalue weighted by Crippen LogP contribution is -2.39. The smallest absolute Gasteiger partial charge is 0.379 e. The number of fused-ring (bicyclic) bond motifs is 4. The summed E-state index contributed by atoms with van der Waals surface area (Å²) in [5.41, 5.74) is 3.17. The average molecular weight is 730 g/mol. The minimum absolute atomic E-state index is 0.0333. The lowest BCUT2D eigenvalue weighted by Gasteiger charge is -2.16. The zero-order valence-corrected chi connectivity index (χ0v) is 27.5. The highest BCUT2D eigenvalue weighted by molar-refractivity contribution is 9.10. The summed E-state index contributed by atoms with van der Waals surface area (Å²) in [4.78, 5) is 27.6. The van der Waals surface area contributed by atoms with Gasteiger partial charge < -0.3 is 9.47 Å². The van der Waals surface area contributed by atoms with Gasteiger partial charge in [0, 0.05) is 17.2 Å². The van der Waals surface area contributed by atoms with Crippen LogP contribution >= 0.6 is 43.5 Å². The van der Waals surface area contributed by atoms with E-state index in [4.69, 9.17) is 21.1 Å². The second kappa shape index (κ2) is 12.4. The molecule has 5 aromatic carbocycles. The first-order valence-corrected chi connectivity index (χ1v) is 15.5. The van der Waals surface area contributed by atoms with Gasteiger partial charge in [0.15, 0.2) is 6.20 Å². The number of hydrogen-bond donors (Lipinski definition) is 0. The number of ether oxygens (including phenoxy) is 2. The number of methoxy groups -OCH3 is 2. The predicted molar refractivity (Wildman–Crippen MR) is 184 cm³/mol. The predicted octanol–water partition coefficient (Wildman–Crippen LogP) is 9.22. The van der Waals surface area contributed by atoms with Crippen LogP contribution in [0.25, 0.3) is 55.9 Å². The zero-order chi connectivity index (χ0) is 31.0. The van der Waals surface area contributed by atoms with Gasteiger partial charge in [0.1, 0.15) is 0 Å². The highest BCUT2D eigenvalue weighted by Gasteiger charge is 2.32. The highest BCUT2D eigenvalue weighted by Crippen LogP contribution is 2.42. The van der Waals surface area contributed by atoms with Crippen molar-refractivity contribution in [2.75, 3.05) is 14.2 Å². The lowest BCUT2D eigenvalue weighted by atomic mass is 9.99. The van der Waals surface area contributed by atoms with E-state index < -0.39 is 11.9 Å². The van der Waals surface area contributed by atoms with Gasteiger partial charge in [-0.25, -0.2) is 4.79 Å². The summed E-state index contributed by atoms with van der Waals surface area (Å²) in [7, 11) is 2.61. The van der Waals surface area contributed by atoms with E-state index in [1.807, 2.05) is 103 Å². The minimum atomic E-state index is -0.688. The molecule has 0 amide bonds. The first kappa shape index (κ1) is 29.9. The van der Waals surface area contributed by atoms with E-state index in [-0.39, 0.29) is 11.3 Å². The Hall–Kier alpha value is -4.17. The molecule has 1 heterocycles. The van der Waals surface area contributed by atoms with Crippen LogP contribution < -0.4 is 4.57 Å². The van der Waals surface area contributed by atoms with E-state index >= 15 is 0 Å². The fourth-order valence-electron chi connectivity index (χ4n) is 5.55. The van der Waals surface area contributed by atoms with E-state index in [1.54, 1.807) is 10.8 Å². The van der Waals surface area contributed by atoms with E-state index in [0.717, 1.165) is 47.0 Å². The fraction of sp³-hybridized carbons (Fsp3) is 0.0556. The van der Waals surface area contributed by atoms with Gasteiger partial charge >= 0.3 is 5.97 Å². The zero-order valence-electron chi connectivity index (χ0n) is 23.6. The van der Waals surface area contributed by atoms with Crippen molar-refractivity contribution in [3.05, 3.63) is 128 Å². The van der Waals surface area contributed by atoms with Crippen LogP contribution in [-0.2, 0) is 19.1 Å². The van der Waals surface area contributed by atoms with Crippen molar-refractivity contribution < 1.29 is 23.6 Å². The van der Waals surface area contributed by atoms with Gasteiger partial charge in [-0.15, -0.1) is 0 Å². The molecule has 0 saturated carbocycles. The third-order valence-corrected chi connectivity index (χ3v) is 8.84. The SMILES string of the molecule is COC(=O)/C(=C(/C(=O)OC)[n+]1ccc(/C=C/c2ccccc2Cl)c2ccccc21)[c-]1c2cc(Br)ccc2c2ccc(Br)cc21. The second-order valence-electron chi connectivity index (χ2n) is 9.97. The quantitative estimate of drug-likeness (QED) is 0.0743. The van der Waals surface area contributed by atoms with Crippen LogP contribution in [0.4, 0.5) is 0 Å². The maximum Gasteiger partial charge on any atom is 0.379 e. The van der Waals surface area contributed by atoms with E-state index in [9.17, 15) is 9.59 Å². The van der Waals surface area contributed by atoms with Crippen LogP contribution in [0.5, 0.6) is 0 Å². The fourth-order valence-corrected chi connectivity index (χ4v) is 6.47. The summed E-state index contributed by atoms with van der Waals surface area (Å²) >= 11 is 13.6. The standard InChI is InChI=1S/C36H24Br2ClNO4/c1-43-35(41)33(32-28-19-23(37)13-15-26(28)27-16-14-24(38)20-29(27)32)34(36(42)44-2)40-18-17-21(25-8-4-6-10-31(25)40)11-12-22-7-3-5-9-30(22)39/h3-20H,1-2H3/b12-11+,34-33-. The molecular weight excluding hydrogens is 706 g/mol. The summed E-state index contributed by atoms with van der Waals surface area (Å²) in [5.74, 6) is -1.36. The van der Waals surface area contributed by atoms with Crippen LogP contribution in [0.15, 0.2) is 106 Å². The monoisotopic (exact) mass is 727 g/mol. The third kappa shape index (κ3) is 5.36. The van der Waals surface area contributed by atoms with Gasteiger partial charge in [-0.1, -0.05) is 149 Å². The summed E-state index contributed by atoms with van der Waals surface area (Å²) in [6.07, 6.45) is 5.69. The molecule has 0 aliphatic carbocycles. The molecule has 8 heteroatoms. The van der Waals surface area contributed by atoms with Crippen molar-refractivity contribution in [1.82, 2.24) is 0 Å². The van der Waals surface area contributed by atoms with Gasteiger partial charge in [0.25, 0.3) is 11.7 Å². The molecule has 6 aromatic rings. The number of benzene rings is 4. The van der Waals surface area contributed by atoms with Gasteiger partial charge in [-0.3, -0.25) is 4.79 Å². The third-order valence-electron chi connectivity index (χ3n) is 7.51. The van der Waals surface area contributed by atoms with Crippen molar-refractivity contribution in [3.8, 4) is 0 Å². The molecule has 0 unspecified atom stereocenters. The number of aromatic nitrogens is 1. The molecule has 0 saturated heterocycles. The van der Waals surface area contributed by atoms with Crippen molar-refractivity contribution in [2.45, 2.75) is 0 Å². The number of hydrogen-bond acceptors (Lipinski definition) is 4. The molecule has 5 nitrogen and oxygen atoms in total. The number of esters is 2. The first-order chi connectivity index (χ1) is 21.3. The van der Waals surface area contributed by atoms with Crippen molar-refractivity contribution >= 4 is 111 Å². The Kier molecular flexibility index (Phi) is 8.45. The molecule has 0 spiro atoms. The summed E-state index contributed by atoms with van der Waals surface area (Å²) in [5, 5.41) is 4.95. The van der Waals surface area contributed by atoms with E-state index in [0.29, 0.717) is 16.1 Å². The van der Waals surface area contributed by atoms with Gasteiger partial charge in [0.05, 0.1) is 25.2 Å². The first-order valence-electron chi connectivity index (χ1n) is 13.6. The lowest BCUT2D eigenvalue weighted by molar-refractivity contribution is -0.548. The molecule has 44 heavy (non-hydrogen) atoms. The summed E-state index contributed by atoms with van der Waals surface area (Å²) in [6.45, 7) is 0. The molecule has 6 rings (SSSR count). The van der Waals surface area contributed by atoms with Gasteiger partial charge in [0.2, 0.25) is 5.52 Å². The second-order valence-corrected chi connectivity index (χ2v) is 12.2. The molecule has 0 fully saturated rings. The van der Waals surface area contributed by atoms with Crippen LogP contribution in [0, 0.1) is 0 Å². The number of carbonyl (C=O) groups is 2. The Morgan fingerprint density at radius 3 is 1.95 bits per heavy atom. The van der Waals surface area contributed by atoms with Gasteiger partial charge in [-0.2, -0.15) is 4.57 Å². The van der Waals surface area contributed by atoms with Crippen LogP contribution in [0.1, 0.15) is 16.7 Å². The molecule has 0 bridgehead atoms. The van der Waals surface area contributed by atoms with Crippen molar-refractivity contribution in [3.63, 3.8) is 0 Å². The average Bonchev–Trinajstić information content (AvgIpc) is 3.34. The molecule has 0 radical (unpaired) electrons. The largest absolute Gasteiger partial charge is 0.490 e. The number of rotatable bonds is 6. The number of para-hydroxylation sites is 1. The molecule has 0 atom stereocenters. The van der Waals surface area contributed by atoms with E-state index in [1.165, 1.54) is 14.2 Å². The molecule has 0 N–H and O–H groups in total. The number of pyridine rings is 1. The minimum Gasteiger partial charge on any atom is -0.490 e. The molecule has 0 aliphatic rings. The van der Waals surface area contributed by atoms with Crippen molar-refractivity contribution in [2.24, 2.45) is 0 Å². The number of halogens is 3. The van der Waals surface area contributed by atoms with Crippen LogP contribution in [-0.4, -0.2) is 26.2 Å². The van der Waals surface area contributed by atoms with Crippen molar-refractivity contribution in [1.29, 1.82) is 0 Å². The van der Waals surface area contributed by atoms with E-state index in [2.05, 4.69) is 31.9 Å². The molecule has 1 aromatic heterocycles.